The Morgan fingerprint density at radius 3 is 2.62 bits per heavy atom. The molecule has 0 aromatic rings. The summed E-state index contributed by atoms with van der Waals surface area (Å²) < 4.78 is 0. The van der Waals surface area contributed by atoms with Gasteiger partial charge in [-0.1, -0.05) is 5.41 Å². The van der Waals surface area contributed by atoms with E-state index in [0.29, 0.717) is 0 Å². The Hall–Kier alpha value is 0.0300. The van der Waals surface area contributed by atoms with Gasteiger partial charge in [0.25, 0.3) is 0 Å². The van der Waals surface area contributed by atoms with Crippen molar-refractivity contribution in [3.05, 3.63) is 16.9 Å². The first kappa shape index (κ1) is 13.0. The van der Waals surface area contributed by atoms with E-state index >= 15 is 0 Å². The van der Waals surface area contributed by atoms with Crippen LogP contribution in [0.1, 0.15) is 12.8 Å². The Morgan fingerprint density at radius 1 is 1.46 bits per heavy atom. The molecule has 0 amide bonds. The summed E-state index contributed by atoms with van der Waals surface area (Å²) in [7, 11) is 0. The molecule has 6 heteroatoms. The molecule has 0 radical (unpaired) electrons. The van der Waals surface area contributed by atoms with Crippen LogP contribution in [-0.2, 0) is 9.59 Å². The quantitative estimate of drug-likeness (QED) is 0.563. The number of nitrogens with zero attached hydrogens (tertiary/aromatic N) is 1. The van der Waals surface area contributed by atoms with Crippen LogP contribution in [0.2, 0.25) is 0 Å². The van der Waals surface area contributed by atoms with Gasteiger partial charge in [0.05, 0.1) is 6.42 Å². The monoisotopic (exact) mass is 209 g/mol. The maximum atomic E-state index is 11.1. The SMILES string of the molecule is O=C(O)CCC(=O)C1[N-]C=CS1.[Na+]. The zero-order valence-electron chi connectivity index (χ0n) is 7.27. The molecule has 0 aromatic heterocycles. The fourth-order valence-electron chi connectivity index (χ4n) is 0.771. The molecular weight excluding hydrogens is 201 g/mol. The van der Waals surface area contributed by atoms with E-state index in [9.17, 15) is 9.59 Å². The number of rotatable bonds is 4. The first-order valence-corrected chi connectivity index (χ1v) is 4.39. The minimum atomic E-state index is -0.945. The summed E-state index contributed by atoms with van der Waals surface area (Å²) in [5.74, 6) is -1.06. The van der Waals surface area contributed by atoms with Crippen molar-refractivity contribution in [3.63, 3.8) is 0 Å². The molecule has 1 aliphatic rings. The molecule has 0 spiro atoms. The Kier molecular flexibility index (Phi) is 6.49. The molecular formula is C7H8NNaO3S. The normalized spacial score (nSPS) is 18.9. The standard InChI is InChI=1S/C7H8NO3S.Na/c9-5(1-2-6(10)11)7-8-3-4-12-7;/h3-4,7H,1-2H2,(H,10,11);/q-1;+1. The minimum absolute atomic E-state index is 0. The van der Waals surface area contributed by atoms with E-state index in [0.717, 1.165) is 0 Å². The summed E-state index contributed by atoms with van der Waals surface area (Å²) in [6.45, 7) is 0. The van der Waals surface area contributed by atoms with E-state index in [2.05, 4.69) is 5.32 Å². The molecule has 1 N–H and O–H groups in total. The van der Waals surface area contributed by atoms with Gasteiger partial charge in [-0.25, -0.2) is 0 Å². The van der Waals surface area contributed by atoms with Crippen LogP contribution in [0.4, 0.5) is 0 Å². The summed E-state index contributed by atoms with van der Waals surface area (Å²) in [5.41, 5.74) is 0. The number of carbonyl (C=O) groups is 2. The zero-order valence-corrected chi connectivity index (χ0v) is 10.1. The first-order chi connectivity index (χ1) is 5.70. The van der Waals surface area contributed by atoms with Crippen LogP contribution in [0.15, 0.2) is 11.6 Å². The van der Waals surface area contributed by atoms with Crippen molar-refractivity contribution < 1.29 is 44.3 Å². The molecule has 0 fully saturated rings. The third-order valence-electron chi connectivity index (χ3n) is 1.35. The maximum absolute atomic E-state index is 11.1. The van der Waals surface area contributed by atoms with Crippen LogP contribution in [0, 0.1) is 0 Å². The molecule has 0 saturated carbocycles. The van der Waals surface area contributed by atoms with E-state index in [-0.39, 0.29) is 48.2 Å². The fourth-order valence-corrected chi connectivity index (χ4v) is 1.47. The van der Waals surface area contributed by atoms with Gasteiger partial charge in [-0.2, -0.15) is 6.20 Å². The fraction of sp³-hybridized carbons (Fsp3) is 0.429. The molecule has 0 aliphatic carbocycles. The summed E-state index contributed by atoms with van der Waals surface area (Å²) >= 11 is 1.31. The third kappa shape index (κ3) is 4.71. The molecule has 1 aliphatic heterocycles. The number of carboxylic acid groups (broad SMARTS) is 1. The van der Waals surface area contributed by atoms with Gasteiger partial charge in [0, 0.05) is 6.42 Å². The third-order valence-corrected chi connectivity index (χ3v) is 2.27. The second kappa shape index (κ2) is 6.48. The molecule has 1 heterocycles. The average molecular weight is 209 g/mol. The summed E-state index contributed by atoms with van der Waals surface area (Å²) in [4.78, 5) is 21.2. The molecule has 13 heavy (non-hydrogen) atoms. The van der Waals surface area contributed by atoms with Crippen molar-refractivity contribution in [3.8, 4) is 0 Å². The van der Waals surface area contributed by atoms with Crippen molar-refractivity contribution >= 4 is 23.5 Å². The summed E-state index contributed by atoms with van der Waals surface area (Å²) in [5, 5.41) is 13.5. The Bertz CT molecular complexity index is 224. The number of hydrogen-bond acceptors (Lipinski definition) is 3. The maximum Gasteiger partial charge on any atom is 1.00 e. The molecule has 0 aromatic carbocycles. The van der Waals surface area contributed by atoms with Crippen molar-refractivity contribution in [1.29, 1.82) is 0 Å². The zero-order chi connectivity index (χ0) is 8.97. The molecule has 66 valence electrons. The largest absolute Gasteiger partial charge is 1.00 e. The van der Waals surface area contributed by atoms with Crippen LogP contribution in [0.5, 0.6) is 0 Å². The van der Waals surface area contributed by atoms with Crippen LogP contribution in [0.3, 0.4) is 0 Å². The Labute approximate surface area is 102 Å². The Morgan fingerprint density at radius 2 is 2.15 bits per heavy atom. The van der Waals surface area contributed by atoms with E-state index in [1.807, 2.05) is 0 Å². The van der Waals surface area contributed by atoms with Crippen molar-refractivity contribution in [1.82, 2.24) is 0 Å². The Balaban J connectivity index is 0.00000144. The molecule has 4 nitrogen and oxygen atoms in total. The van der Waals surface area contributed by atoms with E-state index in [4.69, 9.17) is 5.11 Å². The number of carboxylic acids is 1. The molecule has 0 saturated heterocycles. The number of aliphatic carboxylic acids is 1. The predicted molar refractivity (Wildman–Crippen MR) is 45.8 cm³/mol. The number of carbonyl (C=O) groups excluding carboxylic acids is 1. The van der Waals surface area contributed by atoms with Gasteiger partial charge in [0.2, 0.25) is 0 Å². The summed E-state index contributed by atoms with van der Waals surface area (Å²) in [6, 6.07) is 0. The topological polar surface area (TPSA) is 68.5 Å². The van der Waals surface area contributed by atoms with Crippen LogP contribution < -0.4 is 29.6 Å². The van der Waals surface area contributed by atoms with Gasteiger partial charge < -0.3 is 15.2 Å². The van der Waals surface area contributed by atoms with Crippen LogP contribution >= 0.6 is 11.8 Å². The van der Waals surface area contributed by atoms with Crippen molar-refractivity contribution in [2.75, 3.05) is 0 Å². The minimum Gasteiger partial charge on any atom is -0.673 e. The number of hydrogen-bond donors (Lipinski definition) is 1. The van der Waals surface area contributed by atoms with Crippen molar-refractivity contribution in [2.45, 2.75) is 18.2 Å². The first-order valence-electron chi connectivity index (χ1n) is 3.45. The second-order valence-corrected chi connectivity index (χ2v) is 3.27. The smallest absolute Gasteiger partial charge is 0.673 e. The molecule has 1 rings (SSSR count). The van der Waals surface area contributed by atoms with Gasteiger partial charge >= 0.3 is 35.5 Å². The van der Waals surface area contributed by atoms with Gasteiger partial charge in [-0.15, -0.1) is 11.8 Å². The predicted octanol–water partition coefficient (Wildman–Crippen LogP) is -1.66. The molecule has 1 unspecified atom stereocenters. The van der Waals surface area contributed by atoms with E-state index in [1.165, 1.54) is 11.8 Å². The van der Waals surface area contributed by atoms with Crippen LogP contribution in [-0.4, -0.2) is 22.2 Å². The van der Waals surface area contributed by atoms with Crippen LogP contribution in [0.25, 0.3) is 5.32 Å². The van der Waals surface area contributed by atoms with Gasteiger partial charge in [0.15, 0.2) is 0 Å². The van der Waals surface area contributed by atoms with Crippen molar-refractivity contribution in [2.24, 2.45) is 0 Å². The van der Waals surface area contributed by atoms with Gasteiger partial charge in [-0.3, -0.25) is 4.79 Å². The molecule has 0 bridgehead atoms. The van der Waals surface area contributed by atoms with E-state index in [1.54, 1.807) is 11.6 Å². The average Bonchev–Trinajstić information content (AvgIpc) is 2.51. The summed E-state index contributed by atoms with van der Waals surface area (Å²) in [6.07, 6.45) is 1.53. The number of Topliss-reactive ketones (excluding diaryl/α,β-unsaturated/α-hetero) is 1. The number of ketones is 1. The number of thioether (sulfide) groups is 1. The molecule has 1 atom stereocenters. The van der Waals surface area contributed by atoms with Gasteiger partial charge in [0.1, 0.15) is 5.78 Å². The van der Waals surface area contributed by atoms with Gasteiger partial charge in [-0.05, 0) is 5.37 Å². The second-order valence-electron chi connectivity index (χ2n) is 2.28. The van der Waals surface area contributed by atoms with E-state index < -0.39 is 11.3 Å².